The van der Waals surface area contributed by atoms with Crippen LogP contribution in [0.1, 0.15) is 32.6 Å². The third-order valence-corrected chi connectivity index (χ3v) is 5.59. The van der Waals surface area contributed by atoms with E-state index in [1.54, 1.807) is 18.9 Å². The molecule has 3 nitrogen and oxygen atoms in total. The molecule has 0 spiro atoms. The maximum atomic E-state index is 12.6. The Bertz CT molecular complexity index is 934. The van der Waals surface area contributed by atoms with Gasteiger partial charge in [0.25, 0.3) is 5.91 Å². The highest BCUT2D eigenvalue weighted by Crippen LogP contribution is 2.29. The second-order valence-corrected chi connectivity index (χ2v) is 7.85. The number of ether oxygens (including phenoxy) is 1. The number of rotatable bonds is 7. The van der Waals surface area contributed by atoms with Crippen molar-refractivity contribution in [1.82, 2.24) is 5.32 Å². The molecule has 3 rings (SSSR count). The highest BCUT2D eigenvalue weighted by Gasteiger charge is 2.11. The summed E-state index contributed by atoms with van der Waals surface area (Å²) >= 11 is 1.73. The van der Waals surface area contributed by atoms with E-state index in [1.165, 1.54) is 16.0 Å². The summed E-state index contributed by atoms with van der Waals surface area (Å²) in [6.45, 7) is 4.64. The Morgan fingerprint density at radius 3 is 2.21 bits per heavy atom. The van der Waals surface area contributed by atoms with E-state index in [9.17, 15) is 4.79 Å². The number of nitrogens with one attached hydrogen (secondary N) is 1. The van der Waals surface area contributed by atoms with Gasteiger partial charge in [-0.15, -0.1) is 11.8 Å². The van der Waals surface area contributed by atoms with E-state index >= 15 is 0 Å². The molecule has 0 aliphatic rings. The smallest absolute Gasteiger partial charge is 0.251 e. The van der Waals surface area contributed by atoms with Crippen molar-refractivity contribution in [3.05, 3.63) is 94.5 Å². The Hall–Kier alpha value is -2.72. The van der Waals surface area contributed by atoms with Crippen molar-refractivity contribution < 1.29 is 9.53 Å². The number of amides is 1. The van der Waals surface area contributed by atoms with E-state index in [0.717, 1.165) is 22.6 Å². The number of hydrogen-bond donors (Lipinski definition) is 1. The molecule has 0 heterocycles. The fraction of sp³-hybridized carbons (Fsp3) is 0.208. The molecule has 0 fully saturated rings. The predicted octanol–water partition coefficient (Wildman–Crippen LogP) is 5.53. The first-order chi connectivity index (χ1) is 13.5. The number of carbonyl (C=O) groups excluding carboxylic acids is 1. The molecule has 0 saturated heterocycles. The number of thioether (sulfide) groups is 1. The van der Waals surface area contributed by atoms with Crippen LogP contribution >= 0.6 is 11.8 Å². The fourth-order valence-corrected chi connectivity index (χ4v) is 3.69. The van der Waals surface area contributed by atoms with Crippen LogP contribution in [0.25, 0.3) is 0 Å². The summed E-state index contributed by atoms with van der Waals surface area (Å²) in [6, 6.07) is 22.2. The van der Waals surface area contributed by atoms with Crippen LogP contribution < -0.4 is 10.1 Å². The SMILES string of the molecule is COc1ccc(C(=O)NCc2ccc(C)cc2)cc1CSc1ccc(C)cc1. The van der Waals surface area contributed by atoms with Crippen LogP contribution in [0, 0.1) is 13.8 Å². The summed E-state index contributed by atoms with van der Waals surface area (Å²) in [5.74, 6) is 1.46. The Morgan fingerprint density at radius 1 is 0.929 bits per heavy atom. The molecule has 0 bridgehead atoms. The number of aryl methyl sites for hydroxylation is 2. The maximum Gasteiger partial charge on any atom is 0.251 e. The second kappa shape index (κ2) is 9.47. The Kier molecular flexibility index (Phi) is 6.77. The summed E-state index contributed by atoms with van der Waals surface area (Å²) in [4.78, 5) is 13.8. The van der Waals surface area contributed by atoms with Gasteiger partial charge in [-0.3, -0.25) is 4.79 Å². The van der Waals surface area contributed by atoms with Crippen LogP contribution in [-0.2, 0) is 12.3 Å². The monoisotopic (exact) mass is 391 g/mol. The van der Waals surface area contributed by atoms with Gasteiger partial charge in [0.2, 0.25) is 0 Å². The van der Waals surface area contributed by atoms with Crippen LogP contribution in [0.3, 0.4) is 0 Å². The molecule has 0 saturated carbocycles. The Balaban J connectivity index is 1.67. The van der Waals surface area contributed by atoms with E-state index in [2.05, 4.69) is 55.6 Å². The zero-order valence-corrected chi connectivity index (χ0v) is 17.3. The van der Waals surface area contributed by atoms with Crippen molar-refractivity contribution in [3.63, 3.8) is 0 Å². The average molecular weight is 392 g/mol. The van der Waals surface area contributed by atoms with Crippen LogP contribution in [0.5, 0.6) is 5.75 Å². The van der Waals surface area contributed by atoms with Gasteiger partial charge in [0.1, 0.15) is 5.75 Å². The molecule has 0 aromatic heterocycles. The lowest BCUT2D eigenvalue weighted by Crippen LogP contribution is -2.22. The van der Waals surface area contributed by atoms with Crippen LogP contribution in [-0.4, -0.2) is 13.0 Å². The lowest BCUT2D eigenvalue weighted by atomic mass is 10.1. The van der Waals surface area contributed by atoms with Gasteiger partial charge in [-0.25, -0.2) is 0 Å². The van der Waals surface area contributed by atoms with E-state index in [0.29, 0.717) is 12.1 Å². The van der Waals surface area contributed by atoms with E-state index in [-0.39, 0.29) is 5.91 Å². The molecule has 0 unspecified atom stereocenters. The quantitative estimate of drug-likeness (QED) is 0.538. The predicted molar refractivity (Wildman–Crippen MR) is 116 cm³/mol. The first kappa shape index (κ1) is 20.0. The molecule has 0 aliphatic heterocycles. The van der Waals surface area contributed by atoms with Gasteiger partial charge in [-0.05, 0) is 49.7 Å². The van der Waals surface area contributed by atoms with Gasteiger partial charge in [-0.2, -0.15) is 0 Å². The molecule has 0 aliphatic carbocycles. The van der Waals surface area contributed by atoms with Gasteiger partial charge < -0.3 is 10.1 Å². The van der Waals surface area contributed by atoms with Crippen LogP contribution in [0.4, 0.5) is 0 Å². The number of carbonyl (C=O) groups is 1. The zero-order chi connectivity index (χ0) is 19.9. The highest BCUT2D eigenvalue weighted by atomic mass is 32.2. The van der Waals surface area contributed by atoms with Crippen LogP contribution in [0.2, 0.25) is 0 Å². The minimum atomic E-state index is -0.0789. The summed E-state index contributed by atoms with van der Waals surface area (Å²) in [5.41, 5.74) is 5.20. The molecule has 1 amide bonds. The summed E-state index contributed by atoms with van der Waals surface area (Å²) in [6.07, 6.45) is 0. The molecule has 3 aromatic rings. The van der Waals surface area contributed by atoms with Crippen molar-refractivity contribution in [3.8, 4) is 5.75 Å². The molecule has 3 aromatic carbocycles. The lowest BCUT2D eigenvalue weighted by molar-refractivity contribution is 0.0951. The maximum absolute atomic E-state index is 12.6. The molecule has 0 radical (unpaired) electrons. The van der Waals surface area contributed by atoms with Crippen molar-refractivity contribution in [1.29, 1.82) is 0 Å². The van der Waals surface area contributed by atoms with Crippen LogP contribution in [0.15, 0.2) is 71.6 Å². The highest BCUT2D eigenvalue weighted by molar-refractivity contribution is 7.98. The summed E-state index contributed by atoms with van der Waals surface area (Å²) in [5, 5.41) is 2.99. The number of methoxy groups -OCH3 is 1. The summed E-state index contributed by atoms with van der Waals surface area (Å²) in [7, 11) is 1.66. The average Bonchev–Trinajstić information content (AvgIpc) is 2.72. The first-order valence-electron chi connectivity index (χ1n) is 9.25. The van der Waals surface area contributed by atoms with Crippen molar-refractivity contribution in [2.45, 2.75) is 31.0 Å². The van der Waals surface area contributed by atoms with Crippen molar-refractivity contribution >= 4 is 17.7 Å². The van der Waals surface area contributed by atoms with E-state index in [4.69, 9.17) is 4.74 Å². The van der Waals surface area contributed by atoms with Gasteiger partial charge in [-0.1, -0.05) is 47.5 Å². The Morgan fingerprint density at radius 2 is 1.57 bits per heavy atom. The molecular weight excluding hydrogens is 366 g/mol. The summed E-state index contributed by atoms with van der Waals surface area (Å²) < 4.78 is 5.48. The molecule has 28 heavy (non-hydrogen) atoms. The molecule has 1 N–H and O–H groups in total. The topological polar surface area (TPSA) is 38.3 Å². The third-order valence-electron chi connectivity index (χ3n) is 4.53. The zero-order valence-electron chi connectivity index (χ0n) is 16.5. The lowest BCUT2D eigenvalue weighted by Gasteiger charge is -2.11. The van der Waals surface area contributed by atoms with Gasteiger partial charge >= 0.3 is 0 Å². The van der Waals surface area contributed by atoms with Crippen molar-refractivity contribution in [2.24, 2.45) is 0 Å². The fourth-order valence-electron chi connectivity index (χ4n) is 2.82. The van der Waals surface area contributed by atoms with E-state index < -0.39 is 0 Å². The number of benzene rings is 3. The second-order valence-electron chi connectivity index (χ2n) is 6.80. The minimum Gasteiger partial charge on any atom is -0.496 e. The first-order valence-corrected chi connectivity index (χ1v) is 10.2. The molecule has 144 valence electrons. The third kappa shape index (κ3) is 5.40. The van der Waals surface area contributed by atoms with Gasteiger partial charge in [0, 0.05) is 28.3 Å². The largest absolute Gasteiger partial charge is 0.496 e. The van der Waals surface area contributed by atoms with Crippen molar-refractivity contribution in [2.75, 3.05) is 7.11 Å². The molecular formula is C24H25NO2S. The van der Waals surface area contributed by atoms with E-state index in [1.807, 2.05) is 30.3 Å². The number of hydrogen-bond acceptors (Lipinski definition) is 3. The minimum absolute atomic E-state index is 0.0789. The Labute approximate surface area is 171 Å². The standard InChI is InChI=1S/C24H25NO2S/c1-17-4-8-19(9-5-17)15-25-24(26)20-10-13-23(27-3)21(14-20)16-28-22-11-6-18(2)7-12-22/h4-14H,15-16H2,1-3H3,(H,25,26). The van der Waals surface area contributed by atoms with Gasteiger partial charge in [0.15, 0.2) is 0 Å². The molecule has 4 heteroatoms. The molecule has 0 atom stereocenters. The normalized spacial score (nSPS) is 10.5. The van der Waals surface area contributed by atoms with Gasteiger partial charge in [0.05, 0.1) is 7.11 Å².